The van der Waals surface area contributed by atoms with E-state index in [-0.39, 0.29) is 23.2 Å². The lowest BCUT2D eigenvalue weighted by Crippen LogP contribution is -2.16. The Kier molecular flexibility index (Phi) is 4.46. The minimum atomic E-state index is -0.00859. The Morgan fingerprint density at radius 1 is 0.875 bits per heavy atom. The summed E-state index contributed by atoms with van der Waals surface area (Å²) < 4.78 is 0. The third-order valence-corrected chi connectivity index (χ3v) is 2.67. The van der Waals surface area contributed by atoms with Crippen LogP contribution in [0.2, 0.25) is 0 Å². The lowest BCUT2D eigenvalue weighted by molar-refractivity contribution is 0.444. The van der Waals surface area contributed by atoms with Gasteiger partial charge in [-0.3, -0.25) is 0 Å². The van der Waals surface area contributed by atoms with Crippen LogP contribution in [0.1, 0.15) is 52.7 Å². The number of rotatable bonds is 0. The van der Waals surface area contributed by atoms with Gasteiger partial charge >= 0.3 is 0 Å². The molecule has 0 fully saturated rings. The van der Waals surface area contributed by atoms with E-state index >= 15 is 0 Å². The van der Waals surface area contributed by atoms with Gasteiger partial charge in [0.25, 0.3) is 0 Å². The molecule has 0 aliphatic heterocycles. The van der Waals surface area contributed by atoms with Gasteiger partial charge < -0.3 is 5.11 Å². The molecule has 0 aromatic heterocycles. The van der Waals surface area contributed by atoms with Gasteiger partial charge in [-0.2, -0.15) is 0 Å². The third-order valence-electron chi connectivity index (χ3n) is 2.67. The maximum absolute atomic E-state index is 9.84. The first-order valence-electron chi connectivity index (χ1n) is 5.46. The Balaban J connectivity index is 0.00000225. The average Bonchev–Trinajstić information content (AvgIpc) is 2.00. The number of hydrogen-bond donors (Lipinski definition) is 1. The van der Waals surface area contributed by atoms with E-state index in [4.69, 9.17) is 0 Å². The van der Waals surface area contributed by atoms with Gasteiger partial charge in [0.05, 0.1) is 0 Å². The molecule has 0 radical (unpaired) electrons. The molecule has 0 unspecified atom stereocenters. The first kappa shape index (κ1) is 15.3. The first-order chi connectivity index (χ1) is 6.62. The molecule has 1 rings (SSSR count). The Hall–Kier alpha value is -0.690. The fraction of sp³-hybridized carbons (Fsp3) is 0.571. The molecular formula is C14H23ClO. The molecule has 1 nitrogen and oxygen atoms in total. The summed E-state index contributed by atoms with van der Waals surface area (Å²) in [6.07, 6.45) is 0. The van der Waals surface area contributed by atoms with Crippen molar-refractivity contribution in [2.75, 3.05) is 0 Å². The molecule has 1 N–H and O–H groups in total. The number of benzene rings is 1. The molecule has 0 aliphatic carbocycles. The summed E-state index contributed by atoms with van der Waals surface area (Å²) in [6, 6.07) is 5.93. The van der Waals surface area contributed by atoms with Crippen molar-refractivity contribution in [3.05, 3.63) is 29.3 Å². The molecule has 1 aromatic rings. The highest BCUT2D eigenvalue weighted by Crippen LogP contribution is 2.34. The Morgan fingerprint density at radius 3 is 1.75 bits per heavy atom. The molecule has 2 heteroatoms. The minimum absolute atomic E-state index is 0. The zero-order chi connectivity index (χ0) is 11.9. The highest BCUT2D eigenvalue weighted by atomic mass is 35.5. The summed E-state index contributed by atoms with van der Waals surface area (Å²) in [5.74, 6) is 0.399. The molecule has 92 valence electrons. The zero-order valence-electron chi connectivity index (χ0n) is 11.1. The van der Waals surface area contributed by atoms with E-state index in [0.29, 0.717) is 5.75 Å². The molecule has 0 heterocycles. The average molecular weight is 243 g/mol. The number of phenols is 1. The van der Waals surface area contributed by atoms with E-state index < -0.39 is 0 Å². The molecule has 0 aliphatic rings. The Morgan fingerprint density at radius 2 is 1.38 bits per heavy atom. The van der Waals surface area contributed by atoms with Crippen LogP contribution in [0.15, 0.2) is 18.2 Å². The second kappa shape index (κ2) is 4.67. The lowest BCUT2D eigenvalue weighted by Gasteiger charge is -2.25. The van der Waals surface area contributed by atoms with Gasteiger partial charge in [0.2, 0.25) is 0 Å². The Labute approximate surface area is 105 Å². The summed E-state index contributed by atoms with van der Waals surface area (Å²) in [5, 5.41) is 9.84. The van der Waals surface area contributed by atoms with Crippen molar-refractivity contribution in [2.45, 2.75) is 52.4 Å². The SMILES string of the molecule is CC(C)(C)c1ccc(O)c(C(C)(C)C)c1.Cl. The highest BCUT2D eigenvalue weighted by Gasteiger charge is 2.21. The zero-order valence-corrected chi connectivity index (χ0v) is 11.9. The topological polar surface area (TPSA) is 20.2 Å². The van der Waals surface area contributed by atoms with Crippen LogP contribution < -0.4 is 0 Å². The van der Waals surface area contributed by atoms with E-state index in [1.165, 1.54) is 5.56 Å². The smallest absolute Gasteiger partial charge is 0.119 e. The summed E-state index contributed by atoms with van der Waals surface area (Å²) in [6.45, 7) is 12.9. The summed E-state index contributed by atoms with van der Waals surface area (Å²) in [7, 11) is 0. The summed E-state index contributed by atoms with van der Waals surface area (Å²) in [5.41, 5.74) is 2.42. The molecule has 0 spiro atoms. The molecule has 16 heavy (non-hydrogen) atoms. The van der Waals surface area contributed by atoms with Crippen molar-refractivity contribution in [3.8, 4) is 5.75 Å². The van der Waals surface area contributed by atoms with Crippen LogP contribution in [0.4, 0.5) is 0 Å². The number of aromatic hydroxyl groups is 1. The standard InChI is InChI=1S/C14H22O.ClH/c1-13(2,3)10-7-8-12(15)11(9-10)14(4,5)6;/h7-9,15H,1-6H3;1H. The van der Waals surface area contributed by atoms with Crippen LogP contribution in [-0.4, -0.2) is 5.11 Å². The van der Waals surface area contributed by atoms with Gasteiger partial charge in [-0.15, -0.1) is 12.4 Å². The van der Waals surface area contributed by atoms with Gasteiger partial charge in [0.15, 0.2) is 0 Å². The maximum Gasteiger partial charge on any atom is 0.119 e. The van der Waals surface area contributed by atoms with E-state index in [1.54, 1.807) is 6.07 Å². The number of hydrogen-bond acceptors (Lipinski definition) is 1. The molecule has 1 aromatic carbocycles. The van der Waals surface area contributed by atoms with Crippen molar-refractivity contribution < 1.29 is 5.11 Å². The second-order valence-electron chi connectivity index (χ2n) is 6.23. The van der Waals surface area contributed by atoms with Crippen LogP contribution in [0.3, 0.4) is 0 Å². The molecule has 0 amide bonds. The van der Waals surface area contributed by atoms with Crippen LogP contribution in [0, 0.1) is 0 Å². The fourth-order valence-electron chi connectivity index (χ4n) is 1.60. The van der Waals surface area contributed by atoms with Crippen molar-refractivity contribution in [3.63, 3.8) is 0 Å². The maximum atomic E-state index is 9.84. The van der Waals surface area contributed by atoms with Gasteiger partial charge in [-0.25, -0.2) is 0 Å². The van der Waals surface area contributed by atoms with Gasteiger partial charge in [0.1, 0.15) is 5.75 Å². The molecule has 0 saturated heterocycles. The van der Waals surface area contributed by atoms with E-state index in [9.17, 15) is 5.11 Å². The monoisotopic (exact) mass is 242 g/mol. The van der Waals surface area contributed by atoms with Crippen LogP contribution in [0.5, 0.6) is 5.75 Å². The van der Waals surface area contributed by atoms with Crippen molar-refractivity contribution in [1.82, 2.24) is 0 Å². The molecule has 0 atom stereocenters. The van der Waals surface area contributed by atoms with Gasteiger partial charge in [0, 0.05) is 0 Å². The largest absolute Gasteiger partial charge is 0.508 e. The summed E-state index contributed by atoms with van der Waals surface area (Å²) in [4.78, 5) is 0. The van der Waals surface area contributed by atoms with E-state index in [0.717, 1.165) is 5.56 Å². The second-order valence-corrected chi connectivity index (χ2v) is 6.23. The normalized spacial score (nSPS) is 12.1. The fourth-order valence-corrected chi connectivity index (χ4v) is 1.60. The lowest BCUT2D eigenvalue weighted by atomic mass is 9.80. The van der Waals surface area contributed by atoms with E-state index in [1.807, 2.05) is 6.07 Å². The predicted octanol–water partition coefficient (Wildman–Crippen LogP) is 4.41. The molecular weight excluding hydrogens is 220 g/mol. The van der Waals surface area contributed by atoms with Crippen molar-refractivity contribution in [1.29, 1.82) is 0 Å². The quantitative estimate of drug-likeness (QED) is 0.715. The highest BCUT2D eigenvalue weighted by molar-refractivity contribution is 5.85. The number of phenolic OH excluding ortho intramolecular Hbond substituents is 1. The predicted molar refractivity (Wildman–Crippen MR) is 72.8 cm³/mol. The first-order valence-corrected chi connectivity index (χ1v) is 5.46. The van der Waals surface area contributed by atoms with Gasteiger partial charge in [-0.1, -0.05) is 53.7 Å². The summed E-state index contributed by atoms with van der Waals surface area (Å²) >= 11 is 0. The van der Waals surface area contributed by atoms with Crippen molar-refractivity contribution in [2.24, 2.45) is 0 Å². The van der Waals surface area contributed by atoms with E-state index in [2.05, 4.69) is 47.6 Å². The van der Waals surface area contributed by atoms with Crippen LogP contribution in [0.25, 0.3) is 0 Å². The van der Waals surface area contributed by atoms with Crippen molar-refractivity contribution >= 4 is 12.4 Å². The molecule has 0 saturated carbocycles. The Bertz CT molecular complexity index is 356. The van der Waals surface area contributed by atoms with Gasteiger partial charge in [-0.05, 0) is 28.0 Å². The van der Waals surface area contributed by atoms with Crippen LogP contribution >= 0.6 is 12.4 Å². The molecule has 0 bridgehead atoms. The third kappa shape index (κ3) is 3.41. The minimum Gasteiger partial charge on any atom is -0.508 e. The van der Waals surface area contributed by atoms with Crippen LogP contribution in [-0.2, 0) is 10.8 Å². The number of halogens is 1.